The fraction of sp³-hybridized carbons (Fsp3) is 0.167. The van der Waals surface area contributed by atoms with Gasteiger partial charge in [0.15, 0.2) is 10.8 Å². The zero-order valence-electron chi connectivity index (χ0n) is 18.0. The molecule has 0 aliphatic carbocycles. The summed E-state index contributed by atoms with van der Waals surface area (Å²) in [5.41, 5.74) is 2.79. The summed E-state index contributed by atoms with van der Waals surface area (Å²) in [5.74, 6) is 0.540. The summed E-state index contributed by atoms with van der Waals surface area (Å²) in [6, 6.07) is 20.3. The molecule has 2 N–H and O–H groups in total. The summed E-state index contributed by atoms with van der Waals surface area (Å²) in [6.07, 6.45) is 1.68. The monoisotopic (exact) mass is 461 g/mol. The Kier molecular flexibility index (Phi) is 7.21. The molecule has 0 radical (unpaired) electrons. The first-order valence-corrected chi connectivity index (χ1v) is 11.4. The van der Waals surface area contributed by atoms with Crippen LogP contribution in [-0.2, 0) is 11.3 Å². The van der Waals surface area contributed by atoms with Crippen molar-refractivity contribution in [3.05, 3.63) is 84.1 Å². The van der Waals surface area contributed by atoms with E-state index in [1.807, 2.05) is 49.4 Å². The highest BCUT2D eigenvalue weighted by atomic mass is 32.2. The second kappa shape index (κ2) is 10.6. The van der Waals surface area contributed by atoms with Crippen molar-refractivity contribution >= 4 is 34.9 Å². The van der Waals surface area contributed by atoms with Crippen LogP contribution < -0.4 is 15.4 Å². The third kappa shape index (κ3) is 5.89. The van der Waals surface area contributed by atoms with Crippen LogP contribution in [0.1, 0.15) is 22.8 Å². The van der Waals surface area contributed by atoms with E-state index in [1.165, 1.54) is 11.8 Å². The number of pyridine rings is 1. The zero-order valence-corrected chi connectivity index (χ0v) is 18.8. The molecule has 9 heteroatoms. The number of amides is 2. The van der Waals surface area contributed by atoms with E-state index in [2.05, 4.69) is 20.8 Å². The van der Waals surface area contributed by atoms with Crippen molar-refractivity contribution in [2.75, 3.05) is 17.7 Å². The molecule has 0 saturated carbocycles. The van der Waals surface area contributed by atoms with Gasteiger partial charge in [0.05, 0.1) is 17.9 Å². The Balaban J connectivity index is 1.36. The standard InChI is InChI=1S/C24H23N5O3S/c1-2-32-20-11-9-19(10-12-20)26-22(30)16-33-24-28-27-21-13-8-18(15-29(21)24)23(31)25-14-17-6-4-3-5-7-17/h3-13,15H,2,14,16H2,1H3,(H,25,31)(H,26,30). The van der Waals surface area contributed by atoms with E-state index < -0.39 is 0 Å². The smallest absolute Gasteiger partial charge is 0.253 e. The van der Waals surface area contributed by atoms with E-state index in [0.717, 1.165) is 11.3 Å². The third-order valence-electron chi connectivity index (χ3n) is 4.71. The first-order chi connectivity index (χ1) is 16.1. The summed E-state index contributed by atoms with van der Waals surface area (Å²) in [7, 11) is 0. The average Bonchev–Trinajstić information content (AvgIpc) is 3.25. The SMILES string of the molecule is CCOc1ccc(NC(=O)CSc2nnc3ccc(C(=O)NCc4ccccc4)cn23)cc1. The van der Waals surface area contributed by atoms with Crippen molar-refractivity contribution in [2.24, 2.45) is 0 Å². The van der Waals surface area contributed by atoms with Crippen molar-refractivity contribution in [3.63, 3.8) is 0 Å². The largest absolute Gasteiger partial charge is 0.494 e. The van der Waals surface area contributed by atoms with Crippen LogP contribution in [0.3, 0.4) is 0 Å². The van der Waals surface area contributed by atoms with Gasteiger partial charge < -0.3 is 15.4 Å². The highest BCUT2D eigenvalue weighted by Crippen LogP contribution is 2.19. The molecular weight excluding hydrogens is 438 g/mol. The van der Waals surface area contributed by atoms with Gasteiger partial charge in [-0.25, -0.2) is 0 Å². The fourth-order valence-corrected chi connectivity index (χ4v) is 3.83. The quantitative estimate of drug-likeness (QED) is 0.368. The Morgan fingerprint density at radius 3 is 2.55 bits per heavy atom. The number of fused-ring (bicyclic) bond motifs is 1. The Labute approximate surface area is 195 Å². The molecule has 0 fully saturated rings. The molecule has 2 amide bonds. The number of carbonyl (C=O) groups is 2. The van der Waals surface area contributed by atoms with Crippen LogP contribution >= 0.6 is 11.8 Å². The lowest BCUT2D eigenvalue weighted by Gasteiger charge is -2.07. The lowest BCUT2D eigenvalue weighted by atomic mass is 10.2. The normalized spacial score (nSPS) is 10.7. The van der Waals surface area contributed by atoms with Crippen molar-refractivity contribution in [1.82, 2.24) is 19.9 Å². The first kappa shape index (κ1) is 22.3. The van der Waals surface area contributed by atoms with Crippen LogP contribution in [0, 0.1) is 0 Å². The number of thioether (sulfide) groups is 1. The van der Waals surface area contributed by atoms with E-state index in [9.17, 15) is 9.59 Å². The number of benzene rings is 2. The Morgan fingerprint density at radius 1 is 1.00 bits per heavy atom. The molecule has 2 aromatic carbocycles. The van der Waals surface area contributed by atoms with E-state index in [1.54, 1.807) is 34.9 Å². The molecule has 8 nitrogen and oxygen atoms in total. The molecule has 0 unspecified atom stereocenters. The highest BCUT2D eigenvalue weighted by Gasteiger charge is 2.13. The number of hydrogen-bond donors (Lipinski definition) is 2. The third-order valence-corrected chi connectivity index (χ3v) is 5.65. The summed E-state index contributed by atoms with van der Waals surface area (Å²) >= 11 is 1.25. The number of nitrogens with zero attached hydrogens (tertiary/aromatic N) is 3. The maximum absolute atomic E-state index is 12.6. The van der Waals surface area contributed by atoms with Gasteiger partial charge in [-0.05, 0) is 48.9 Å². The van der Waals surface area contributed by atoms with Crippen LogP contribution in [0.15, 0.2) is 78.1 Å². The minimum atomic E-state index is -0.196. The Morgan fingerprint density at radius 2 is 1.79 bits per heavy atom. The zero-order chi connectivity index (χ0) is 23.0. The summed E-state index contributed by atoms with van der Waals surface area (Å²) < 4.78 is 7.12. The molecule has 4 aromatic rings. The molecule has 4 rings (SSSR count). The molecule has 0 atom stereocenters. The maximum atomic E-state index is 12.6. The number of aromatic nitrogens is 3. The Bertz CT molecular complexity index is 1240. The molecule has 2 heterocycles. The number of anilines is 1. The van der Waals surface area contributed by atoms with Crippen LogP contribution in [0.4, 0.5) is 5.69 Å². The molecule has 168 valence electrons. The Hall–Kier alpha value is -3.85. The van der Waals surface area contributed by atoms with E-state index in [4.69, 9.17) is 4.74 Å². The number of ether oxygens (including phenoxy) is 1. The van der Waals surface area contributed by atoms with Gasteiger partial charge in [-0.1, -0.05) is 42.1 Å². The van der Waals surface area contributed by atoms with Gasteiger partial charge in [-0.15, -0.1) is 10.2 Å². The lowest BCUT2D eigenvalue weighted by molar-refractivity contribution is -0.113. The van der Waals surface area contributed by atoms with Crippen LogP contribution in [0.2, 0.25) is 0 Å². The van der Waals surface area contributed by atoms with Gasteiger partial charge in [0.2, 0.25) is 5.91 Å². The van der Waals surface area contributed by atoms with Crippen molar-refractivity contribution in [3.8, 4) is 5.75 Å². The predicted octanol–water partition coefficient (Wildman–Crippen LogP) is 3.79. The van der Waals surface area contributed by atoms with Crippen molar-refractivity contribution in [2.45, 2.75) is 18.6 Å². The van der Waals surface area contributed by atoms with Gasteiger partial charge in [-0.3, -0.25) is 14.0 Å². The number of rotatable bonds is 9. The van der Waals surface area contributed by atoms with E-state index >= 15 is 0 Å². The van der Waals surface area contributed by atoms with E-state index in [-0.39, 0.29) is 17.6 Å². The summed E-state index contributed by atoms with van der Waals surface area (Å²) in [4.78, 5) is 24.9. The van der Waals surface area contributed by atoms with Crippen molar-refractivity contribution < 1.29 is 14.3 Å². The van der Waals surface area contributed by atoms with Crippen LogP contribution in [-0.4, -0.2) is 38.8 Å². The van der Waals surface area contributed by atoms with Gasteiger partial charge in [-0.2, -0.15) is 0 Å². The predicted molar refractivity (Wildman–Crippen MR) is 128 cm³/mol. The molecule has 0 saturated heterocycles. The highest BCUT2D eigenvalue weighted by molar-refractivity contribution is 7.99. The van der Waals surface area contributed by atoms with Crippen molar-refractivity contribution in [1.29, 1.82) is 0 Å². The second-order valence-electron chi connectivity index (χ2n) is 7.09. The first-order valence-electron chi connectivity index (χ1n) is 10.4. The molecule has 0 bridgehead atoms. The molecular formula is C24H23N5O3S. The number of nitrogens with one attached hydrogen (secondary N) is 2. The van der Waals surface area contributed by atoms with Crippen LogP contribution in [0.5, 0.6) is 5.75 Å². The molecule has 0 spiro atoms. The second-order valence-corrected chi connectivity index (χ2v) is 8.03. The fourth-order valence-electron chi connectivity index (χ4n) is 3.11. The average molecular weight is 462 g/mol. The van der Waals surface area contributed by atoms with E-state index in [0.29, 0.717) is 35.2 Å². The van der Waals surface area contributed by atoms with Gasteiger partial charge >= 0.3 is 0 Å². The minimum Gasteiger partial charge on any atom is -0.494 e. The molecule has 0 aliphatic heterocycles. The maximum Gasteiger partial charge on any atom is 0.253 e. The topological polar surface area (TPSA) is 97.6 Å². The molecule has 33 heavy (non-hydrogen) atoms. The number of hydrogen-bond acceptors (Lipinski definition) is 6. The molecule has 2 aromatic heterocycles. The van der Waals surface area contributed by atoms with Gasteiger partial charge in [0, 0.05) is 18.4 Å². The van der Waals surface area contributed by atoms with Gasteiger partial charge in [0.25, 0.3) is 5.91 Å². The summed E-state index contributed by atoms with van der Waals surface area (Å²) in [6.45, 7) is 2.94. The van der Waals surface area contributed by atoms with Gasteiger partial charge in [0.1, 0.15) is 5.75 Å². The number of carbonyl (C=O) groups excluding carboxylic acids is 2. The minimum absolute atomic E-state index is 0.151. The van der Waals surface area contributed by atoms with Crippen LogP contribution in [0.25, 0.3) is 5.65 Å². The lowest BCUT2D eigenvalue weighted by Crippen LogP contribution is -2.23. The molecule has 0 aliphatic rings. The summed E-state index contributed by atoms with van der Waals surface area (Å²) in [5, 5.41) is 14.6.